The average Bonchev–Trinajstić information content (AvgIpc) is 3.18. The number of rotatable bonds is 5. The second-order valence-electron chi connectivity index (χ2n) is 6.49. The Morgan fingerprint density at radius 2 is 1.86 bits per heavy atom. The van der Waals surface area contributed by atoms with Crippen molar-refractivity contribution >= 4 is 38.2 Å². The van der Waals surface area contributed by atoms with Crippen molar-refractivity contribution in [3.63, 3.8) is 0 Å². The Labute approximate surface area is 167 Å². The van der Waals surface area contributed by atoms with Crippen LogP contribution in [0.5, 0.6) is 0 Å². The molecule has 2 heterocycles. The molecule has 0 aliphatic rings. The van der Waals surface area contributed by atoms with Crippen molar-refractivity contribution < 1.29 is 5.11 Å². The van der Waals surface area contributed by atoms with Gasteiger partial charge < -0.3 is 15.7 Å². The van der Waals surface area contributed by atoms with E-state index < -0.39 is 6.10 Å². The molecule has 2 aromatic heterocycles. The molecule has 0 saturated carbocycles. The van der Waals surface area contributed by atoms with Crippen LogP contribution >= 0.6 is 11.3 Å². The highest BCUT2D eigenvalue weighted by Gasteiger charge is 2.12. The van der Waals surface area contributed by atoms with Gasteiger partial charge in [-0.2, -0.15) is 0 Å². The quantitative estimate of drug-likeness (QED) is 0.358. The summed E-state index contributed by atoms with van der Waals surface area (Å²) in [6, 6.07) is 20.4. The highest BCUT2D eigenvalue weighted by atomic mass is 32.1. The summed E-state index contributed by atoms with van der Waals surface area (Å²) in [6.07, 6.45) is 1.23. The summed E-state index contributed by atoms with van der Waals surface area (Å²) in [4.78, 5) is 9.68. The third-order valence-corrected chi connectivity index (χ3v) is 5.86. The van der Waals surface area contributed by atoms with E-state index in [0.717, 1.165) is 26.7 Å². The van der Waals surface area contributed by atoms with Crippen molar-refractivity contribution in [2.75, 3.05) is 13.6 Å². The topological polar surface area (TPSA) is 69.5 Å². The first-order valence-corrected chi connectivity index (χ1v) is 10.00. The molecule has 0 amide bonds. The van der Waals surface area contributed by atoms with E-state index in [1.165, 1.54) is 4.70 Å². The van der Waals surface area contributed by atoms with Crippen LogP contribution in [0.1, 0.15) is 16.7 Å². The minimum absolute atomic E-state index is 0.384. The van der Waals surface area contributed by atoms with Crippen molar-refractivity contribution in [1.82, 2.24) is 15.6 Å². The van der Waals surface area contributed by atoms with E-state index in [1.807, 2.05) is 42.6 Å². The zero-order valence-corrected chi connectivity index (χ0v) is 16.4. The number of aliphatic imine (C=N–C) groups is 1. The molecule has 6 heteroatoms. The monoisotopic (exact) mass is 390 g/mol. The normalized spacial score (nSPS) is 13.0. The minimum Gasteiger partial charge on any atom is -0.386 e. The molecule has 1 atom stereocenters. The molecule has 0 aliphatic carbocycles. The lowest BCUT2D eigenvalue weighted by atomic mass is 10.1. The molecule has 28 heavy (non-hydrogen) atoms. The van der Waals surface area contributed by atoms with Gasteiger partial charge in [0.1, 0.15) is 6.10 Å². The Kier molecular flexibility index (Phi) is 5.50. The van der Waals surface area contributed by atoms with Gasteiger partial charge in [-0.25, -0.2) is 0 Å². The van der Waals surface area contributed by atoms with Gasteiger partial charge in [-0.05, 0) is 29.0 Å². The van der Waals surface area contributed by atoms with Crippen LogP contribution in [0, 0.1) is 0 Å². The van der Waals surface area contributed by atoms with Crippen LogP contribution in [-0.4, -0.2) is 29.6 Å². The molecule has 0 saturated heterocycles. The second-order valence-corrected chi connectivity index (χ2v) is 7.60. The second kappa shape index (κ2) is 8.37. The molecule has 4 aromatic rings. The highest BCUT2D eigenvalue weighted by Crippen LogP contribution is 2.29. The molecule has 2 aromatic carbocycles. The molecule has 142 valence electrons. The molecular formula is C22H22N4OS. The maximum absolute atomic E-state index is 10.5. The first kappa shape index (κ1) is 18.4. The number of hydrogen-bond acceptors (Lipinski definition) is 4. The van der Waals surface area contributed by atoms with Crippen molar-refractivity contribution in [1.29, 1.82) is 0 Å². The Balaban J connectivity index is 1.38. The highest BCUT2D eigenvalue weighted by molar-refractivity contribution is 7.19. The molecule has 3 N–H and O–H groups in total. The number of nitrogens with one attached hydrogen (secondary N) is 2. The van der Waals surface area contributed by atoms with Gasteiger partial charge in [0, 0.05) is 34.8 Å². The van der Waals surface area contributed by atoms with Crippen LogP contribution in [0.25, 0.3) is 20.9 Å². The van der Waals surface area contributed by atoms with E-state index >= 15 is 0 Å². The third kappa shape index (κ3) is 3.98. The van der Waals surface area contributed by atoms with Gasteiger partial charge in [0.05, 0.1) is 12.2 Å². The first-order valence-electron chi connectivity index (χ1n) is 9.18. The number of aliphatic hydroxyl groups is 1. The number of guanidine groups is 1. The van der Waals surface area contributed by atoms with Crippen LogP contribution in [0.4, 0.5) is 0 Å². The lowest BCUT2D eigenvalue weighted by Crippen LogP contribution is -2.39. The standard InChI is InChI=1S/C22H22N4OS/c1-23-22(25-13-18-17-8-4-2-6-15(17)10-11-24-18)26-14-19(27)21-12-16-7-3-5-9-20(16)28-21/h2-12,19,27H,13-14H2,1H3,(H2,23,25,26). The predicted octanol–water partition coefficient (Wildman–Crippen LogP) is 3.85. The van der Waals surface area contributed by atoms with E-state index in [0.29, 0.717) is 19.0 Å². The number of aliphatic hydroxyl groups excluding tert-OH is 1. The van der Waals surface area contributed by atoms with Gasteiger partial charge in [0.25, 0.3) is 0 Å². The first-order chi connectivity index (χ1) is 13.7. The molecule has 4 rings (SSSR count). The third-order valence-electron chi connectivity index (χ3n) is 4.64. The number of pyridine rings is 1. The van der Waals surface area contributed by atoms with Gasteiger partial charge in [0.15, 0.2) is 5.96 Å². The predicted molar refractivity (Wildman–Crippen MR) is 117 cm³/mol. The fraction of sp³-hybridized carbons (Fsp3) is 0.182. The molecule has 0 spiro atoms. The van der Waals surface area contributed by atoms with Crippen molar-refractivity contribution in [2.24, 2.45) is 4.99 Å². The average molecular weight is 391 g/mol. The van der Waals surface area contributed by atoms with Crippen LogP contribution < -0.4 is 10.6 Å². The van der Waals surface area contributed by atoms with Crippen molar-refractivity contribution in [2.45, 2.75) is 12.6 Å². The Hall–Kier alpha value is -2.96. The van der Waals surface area contributed by atoms with Gasteiger partial charge in [-0.3, -0.25) is 9.98 Å². The summed E-state index contributed by atoms with van der Waals surface area (Å²) in [6.45, 7) is 0.940. The SMILES string of the molecule is CN=C(NCc1nccc2ccccc12)NCC(O)c1cc2ccccc2s1. The van der Waals surface area contributed by atoms with Crippen LogP contribution in [0.15, 0.2) is 71.9 Å². The number of thiophene rings is 1. The smallest absolute Gasteiger partial charge is 0.191 e. The van der Waals surface area contributed by atoms with E-state index in [1.54, 1.807) is 18.4 Å². The van der Waals surface area contributed by atoms with Crippen LogP contribution in [0.3, 0.4) is 0 Å². The van der Waals surface area contributed by atoms with Gasteiger partial charge >= 0.3 is 0 Å². The fourth-order valence-corrected chi connectivity index (χ4v) is 4.22. The number of fused-ring (bicyclic) bond motifs is 2. The summed E-state index contributed by atoms with van der Waals surface area (Å²) in [5.41, 5.74) is 0.964. The Bertz CT molecular complexity index is 1080. The molecule has 1 unspecified atom stereocenters. The molecule has 5 nitrogen and oxygen atoms in total. The van der Waals surface area contributed by atoms with Crippen molar-refractivity contribution in [3.05, 3.63) is 77.4 Å². The molecule has 0 aliphatic heterocycles. The maximum atomic E-state index is 10.5. The lowest BCUT2D eigenvalue weighted by molar-refractivity contribution is 0.184. The van der Waals surface area contributed by atoms with Crippen LogP contribution in [0.2, 0.25) is 0 Å². The summed E-state index contributed by atoms with van der Waals surface area (Å²) >= 11 is 1.62. The fourth-order valence-electron chi connectivity index (χ4n) is 3.17. The largest absolute Gasteiger partial charge is 0.386 e. The number of hydrogen-bond donors (Lipinski definition) is 3. The summed E-state index contributed by atoms with van der Waals surface area (Å²) in [5, 5.41) is 20.5. The Morgan fingerprint density at radius 3 is 2.68 bits per heavy atom. The zero-order chi connectivity index (χ0) is 19.3. The maximum Gasteiger partial charge on any atom is 0.191 e. The van der Waals surface area contributed by atoms with E-state index in [9.17, 15) is 5.11 Å². The summed E-state index contributed by atoms with van der Waals surface area (Å²) in [5.74, 6) is 0.634. The lowest BCUT2D eigenvalue weighted by Gasteiger charge is -2.15. The zero-order valence-electron chi connectivity index (χ0n) is 15.6. The van der Waals surface area contributed by atoms with Gasteiger partial charge in [0.2, 0.25) is 0 Å². The van der Waals surface area contributed by atoms with E-state index in [-0.39, 0.29) is 0 Å². The number of nitrogens with zero attached hydrogens (tertiary/aromatic N) is 2. The Morgan fingerprint density at radius 1 is 1.07 bits per heavy atom. The molecule has 0 fully saturated rings. The van der Waals surface area contributed by atoms with Crippen molar-refractivity contribution in [3.8, 4) is 0 Å². The van der Waals surface area contributed by atoms with E-state index in [2.05, 4.69) is 44.9 Å². The molecular weight excluding hydrogens is 368 g/mol. The van der Waals surface area contributed by atoms with Gasteiger partial charge in [-0.1, -0.05) is 42.5 Å². The van der Waals surface area contributed by atoms with E-state index in [4.69, 9.17) is 0 Å². The van der Waals surface area contributed by atoms with Gasteiger partial charge in [-0.15, -0.1) is 11.3 Å². The molecule has 0 radical (unpaired) electrons. The number of aromatic nitrogens is 1. The number of benzene rings is 2. The van der Waals surface area contributed by atoms with Crippen LogP contribution in [-0.2, 0) is 6.54 Å². The minimum atomic E-state index is -0.591. The molecule has 0 bridgehead atoms. The summed E-state index contributed by atoms with van der Waals surface area (Å²) < 4.78 is 1.18. The summed E-state index contributed by atoms with van der Waals surface area (Å²) in [7, 11) is 1.72.